The van der Waals surface area contributed by atoms with Crippen LogP contribution in [0.25, 0.3) is 0 Å². The van der Waals surface area contributed by atoms with Crippen molar-refractivity contribution in [2.75, 3.05) is 23.8 Å². The summed E-state index contributed by atoms with van der Waals surface area (Å²) in [5.74, 6) is 0.502. The molecule has 0 amide bonds. The minimum Gasteiger partial charge on any atom is -0.399 e. The molecule has 1 fully saturated rings. The zero-order valence-electron chi connectivity index (χ0n) is 11.9. The molecule has 1 heterocycles. The average Bonchev–Trinajstić information content (AvgIpc) is 2.67. The standard InChI is InChI=1S/C15H22N2O2S/c1-3-9-17(11-13-4-6-14(16)7-5-13)15(2)8-10-20(18,19)12-15/h3-7H,1,8-12,16H2,2H3/t15-/m1/s1. The number of hydrogen-bond donors (Lipinski definition) is 1. The van der Waals surface area contributed by atoms with Crippen molar-refractivity contribution >= 4 is 15.5 Å². The molecule has 2 rings (SSSR count). The van der Waals surface area contributed by atoms with Crippen LogP contribution in [0.2, 0.25) is 0 Å². The number of sulfone groups is 1. The Bertz CT molecular complexity index is 580. The Kier molecular flexibility index (Phi) is 4.20. The highest BCUT2D eigenvalue weighted by atomic mass is 32.2. The fourth-order valence-corrected chi connectivity index (χ4v) is 4.89. The fourth-order valence-electron chi connectivity index (χ4n) is 2.72. The van der Waals surface area contributed by atoms with Crippen molar-refractivity contribution in [1.82, 2.24) is 4.90 Å². The topological polar surface area (TPSA) is 63.4 Å². The molecule has 1 aromatic carbocycles. The number of nitrogen functional groups attached to an aromatic ring is 1. The maximum atomic E-state index is 11.8. The first-order chi connectivity index (χ1) is 9.35. The summed E-state index contributed by atoms with van der Waals surface area (Å²) in [4.78, 5) is 2.19. The molecule has 4 nitrogen and oxygen atoms in total. The van der Waals surface area contributed by atoms with Crippen LogP contribution in [0.15, 0.2) is 36.9 Å². The first-order valence-corrected chi connectivity index (χ1v) is 8.58. The van der Waals surface area contributed by atoms with E-state index in [0.29, 0.717) is 19.5 Å². The van der Waals surface area contributed by atoms with Gasteiger partial charge in [-0.05, 0) is 31.0 Å². The molecule has 1 aromatic rings. The highest BCUT2D eigenvalue weighted by Gasteiger charge is 2.42. The Morgan fingerprint density at radius 3 is 2.55 bits per heavy atom. The van der Waals surface area contributed by atoms with Crippen molar-refractivity contribution in [1.29, 1.82) is 0 Å². The number of anilines is 1. The van der Waals surface area contributed by atoms with Crippen LogP contribution in [0.5, 0.6) is 0 Å². The van der Waals surface area contributed by atoms with E-state index in [2.05, 4.69) is 11.5 Å². The fraction of sp³-hybridized carbons (Fsp3) is 0.467. The highest BCUT2D eigenvalue weighted by Crippen LogP contribution is 2.30. The van der Waals surface area contributed by atoms with Gasteiger partial charge in [-0.1, -0.05) is 18.2 Å². The second-order valence-corrected chi connectivity index (χ2v) is 7.93. The smallest absolute Gasteiger partial charge is 0.152 e. The van der Waals surface area contributed by atoms with Gasteiger partial charge in [-0.25, -0.2) is 8.42 Å². The minimum absolute atomic E-state index is 0.225. The third-order valence-corrected chi connectivity index (χ3v) is 5.84. The van der Waals surface area contributed by atoms with Crippen LogP contribution in [0.4, 0.5) is 5.69 Å². The summed E-state index contributed by atoms with van der Waals surface area (Å²) in [6, 6.07) is 7.71. The molecule has 0 radical (unpaired) electrons. The van der Waals surface area contributed by atoms with Gasteiger partial charge in [0, 0.05) is 24.3 Å². The summed E-state index contributed by atoms with van der Waals surface area (Å²) in [5, 5.41) is 0. The van der Waals surface area contributed by atoms with E-state index in [4.69, 9.17) is 5.73 Å². The second-order valence-electron chi connectivity index (χ2n) is 5.75. The van der Waals surface area contributed by atoms with Gasteiger partial charge in [0.1, 0.15) is 0 Å². The molecule has 0 spiro atoms. The Labute approximate surface area is 121 Å². The maximum absolute atomic E-state index is 11.8. The summed E-state index contributed by atoms with van der Waals surface area (Å²) < 4.78 is 23.6. The number of rotatable bonds is 5. The first-order valence-electron chi connectivity index (χ1n) is 6.75. The van der Waals surface area contributed by atoms with E-state index < -0.39 is 9.84 Å². The molecule has 0 unspecified atom stereocenters. The quantitative estimate of drug-likeness (QED) is 0.665. The van der Waals surface area contributed by atoms with Crippen LogP contribution < -0.4 is 5.73 Å². The van der Waals surface area contributed by atoms with Crippen molar-refractivity contribution in [2.24, 2.45) is 0 Å². The van der Waals surface area contributed by atoms with E-state index in [0.717, 1.165) is 11.3 Å². The molecule has 20 heavy (non-hydrogen) atoms. The summed E-state index contributed by atoms with van der Waals surface area (Å²) in [5.41, 5.74) is 7.25. The molecule has 1 saturated heterocycles. The highest BCUT2D eigenvalue weighted by molar-refractivity contribution is 7.91. The van der Waals surface area contributed by atoms with Crippen molar-refractivity contribution in [3.8, 4) is 0 Å². The second kappa shape index (κ2) is 5.58. The SMILES string of the molecule is C=CCN(Cc1ccc(N)cc1)[C@]1(C)CCS(=O)(=O)C1. The van der Waals surface area contributed by atoms with Gasteiger partial charge in [0.05, 0.1) is 11.5 Å². The molecule has 1 aliphatic rings. The third-order valence-electron chi connectivity index (χ3n) is 3.95. The molecule has 0 saturated carbocycles. The lowest BCUT2D eigenvalue weighted by Gasteiger charge is -2.37. The van der Waals surface area contributed by atoms with Gasteiger partial charge < -0.3 is 5.73 Å². The van der Waals surface area contributed by atoms with Crippen LogP contribution in [0, 0.1) is 0 Å². The molecule has 5 heteroatoms. The lowest BCUT2D eigenvalue weighted by atomic mass is 9.98. The van der Waals surface area contributed by atoms with Gasteiger partial charge in [0.15, 0.2) is 9.84 Å². The van der Waals surface area contributed by atoms with Gasteiger partial charge in [0.25, 0.3) is 0 Å². The Morgan fingerprint density at radius 2 is 2.05 bits per heavy atom. The predicted molar refractivity (Wildman–Crippen MR) is 83.1 cm³/mol. The molecule has 0 aliphatic carbocycles. The molecule has 0 bridgehead atoms. The van der Waals surface area contributed by atoms with E-state index in [-0.39, 0.29) is 17.0 Å². The lowest BCUT2D eigenvalue weighted by Crippen LogP contribution is -2.47. The predicted octanol–water partition coefficient (Wildman–Crippen LogP) is 1.83. The van der Waals surface area contributed by atoms with Crippen molar-refractivity contribution in [3.63, 3.8) is 0 Å². The van der Waals surface area contributed by atoms with Crippen LogP contribution in [0.3, 0.4) is 0 Å². The third kappa shape index (κ3) is 3.41. The molecule has 2 N–H and O–H groups in total. The Balaban J connectivity index is 2.19. The summed E-state index contributed by atoms with van der Waals surface area (Å²) in [6.45, 7) is 7.19. The van der Waals surface area contributed by atoms with E-state index in [1.165, 1.54) is 0 Å². The van der Waals surface area contributed by atoms with Gasteiger partial charge >= 0.3 is 0 Å². The van der Waals surface area contributed by atoms with Gasteiger partial charge in [-0.2, -0.15) is 0 Å². The number of hydrogen-bond acceptors (Lipinski definition) is 4. The monoisotopic (exact) mass is 294 g/mol. The Hall–Kier alpha value is -1.33. The number of nitrogens with zero attached hydrogens (tertiary/aromatic N) is 1. The maximum Gasteiger partial charge on any atom is 0.152 e. The van der Waals surface area contributed by atoms with Gasteiger partial charge in [-0.3, -0.25) is 4.90 Å². The summed E-state index contributed by atoms with van der Waals surface area (Å²) >= 11 is 0. The zero-order chi connectivity index (χ0) is 14.8. The van der Waals surface area contributed by atoms with Gasteiger partial charge in [-0.15, -0.1) is 6.58 Å². The van der Waals surface area contributed by atoms with Crippen molar-refractivity contribution in [2.45, 2.75) is 25.4 Å². The van der Waals surface area contributed by atoms with Crippen molar-refractivity contribution < 1.29 is 8.42 Å². The van der Waals surface area contributed by atoms with Gasteiger partial charge in [0.2, 0.25) is 0 Å². The van der Waals surface area contributed by atoms with Crippen LogP contribution in [-0.4, -0.2) is 36.9 Å². The normalized spacial score (nSPS) is 24.9. The number of benzene rings is 1. The first kappa shape index (κ1) is 15.1. The molecular formula is C15H22N2O2S. The zero-order valence-corrected chi connectivity index (χ0v) is 12.7. The van der Waals surface area contributed by atoms with E-state index in [1.807, 2.05) is 37.3 Å². The Morgan fingerprint density at radius 1 is 1.40 bits per heavy atom. The van der Waals surface area contributed by atoms with Crippen LogP contribution in [-0.2, 0) is 16.4 Å². The number of nitrogens with two attached hydrogens (primary N) is 1. The molecule has 1 atom stereocenters. The molecule has 0 aromatic heterocycles. The summed E-state index contributed by atoms with van der Waals surface area (Å²) in [7, 11) is -2.91. The van der Waals surface area contributed by atoms with Crippen molar-refractivity contribution in [3.05, 3.63) is 42.5 Å². The summed E-state index contributed by atoms with van der Waals surface area (Å²) in [6.07, 6.45) is 2.51. The average molecular weight is 294 g/mol. The van der Waals surface area contributed by atoms with E-state index in [9.17, 15) is 8.42 Å². The van der Waals surface area contributed by atoms with Crippen LogP contribution in [0.1, 0.15) is 18.9 Å². The van der Waals surface area contributed by atoms with E-state index >= 15 is 0 Å². The molecule has 1 aliphatic heterocycles. The largest absolute Gasteiger partial charge is 0.399 e. The lowest BCUT2D eigenvalue weighted by molar-refractivity contribution is 0.133. The van der Waals surface area contributed by atoms with Crippen LogP contribution >= 0.6 is 0 Å². The minimum atomic E-state index is -2.91. The molecular weight excluding hydrogens is 272 g/mol. The molecule has 110 valence electrons. The van der Waals surface area contributed by atoms with E-state index in [1.54, 1.807) is 0 Å².